The average Bonchev–Trinajstić information content (AvgIpc) is 2.75. The van der Waals surface area contributed by atoms with Crippen molar-refractivity contribution in [3.8, 4) is 0 Å². The van der Waals surface area contributed by atoms with Gasteiger partial charge in [-0.1, -0.05) is 37.3 Å². The Kier molecular flexibility index (Phi) is 11.0. The molecule has 0 radical (unpaired) electrons. The summed E-state index contributed by atoms with van der Waals surface area (Å²) in [5.41, 5.74) is 1.66. The number of nitrogens with zero attached hydrogens (tertiary/aromatic N) is 2. The Bertz CT molecular complexity index is 899. The highest BCUT2D eigenvalue weighted by molar-refractivity contribution is 14.0. The number of benzene rings is 2. The number of halogens is 4. The number of carbonyl (C=O) groups excluding carboxylic acids is 1. The van der Waals surface area contributed by atoms with Crippen molar-refractivity contribution >= 4 is 35.8 Å². The summed E-state index contributed by atoms with van der Waals surface area (Å²) in [5.74, 6) is 0.520. The molecule has 2 aromatic rings. The Morgan fingerprint density at radius 1 is 1.09 bits per heavy atom. The topological polar surface area (TPSA) is 56.7 Å². The van der Waals surface area contributed by atoms with Crippen molar-refractivity contribution in [2.45, 2.75) is 32.0 Å². The van der Waals surface area contributed by atoms with Crippen molar-refractivity contribution < 1.29 is 18.0 Å². The van der Waals surface area contributed by atoms with Gasteiger partial charge in [-0.25, -0.2) is 0 Å². The zero-order valence-corrected chi connectivity index (χ0v) is 21.0. The van der Waals surface area contributed by atoms with E-state index in [4.69, 9.17) is 0 Å². The van der Waals surface area contributed by atoms with Gasteiger partial charge in [0, 0.05) is 39.8 Å². The number of hydrogen-bond acceptors (Lipinski definition) is 2. The van der Waals surface area contributed by atoms with Gasteiger partial charge in [0.1, 0.15) is 0 Å². The highest BCUT2D eigenvalue weighted by Crippen LogP contribution is 2.31. The van der Waals surface area contributed by atoms with Crippen LogP contribution in [0, 0.1) is 0 Å². The van der Waals surface area contributed by atoms with E-state index in [1.54, 1.807) is 39.3 Å². The summed E-state index contributed by atoms with van der Waals surface area (Å²) in [6, 6.07) is 12.8. The molecule has 2 N–H and O–H groups in total. The van der Waals surface area contributed by atoms with Crippen molar-refractivity contribution in [2.24, 2.45) is 4.99 Å². The highest BCUT2D eigenvalue weighted by atomic mass is 127. The van der Waals surface area contributed by atoms with Crippen LogP contribution in [0.2, 0.25) is 0 Å². The zero-order valence-electron chi connectivity index (χ0n) is 18.7. The first kappa shape index (κ1) is 27.7. The molecule has 0 bridgehead atoms. The molecule has 0 aliphatic heterocycles. The lowest BCUT2D eigenvalue weighted by Crippen LogP contribution is -2.37. The first-order valence-corrected chi connectivity index (χ1v) is 10.0. The monoisotopic (exact) mass is 562 g/mol. The quantitative estimate of drug-likeness (QED) is 0.287. The summed E-state index contributed by atoms with van der Waals surface area (Å²) in [4.78, 5) is 17.6. The molecule has 1 atom stereocenters. The van der Waals surface area contributed by atoms with Crippen molar-refractivity contribution in [3.05, 3.63) is 70.8 Å². The van der Waals surface area contributed by atoms with Crippen LogP contribution < -0.4 is 10.6 Å². The fourth-order valence-corrected chi connectivity index (χ4v) is 3.03. The predicted octanol–water partition coefficient (Wildman–Crippen LogP) is 4.88. The maximum absolute atomic E-state index is 12.9. The Balaban J connectivity index is 0.00000512. The summed E-state index contributed by atoms with van der Waals surface area (Å²) >= 11 is 0. The molecule has 0 saturated carbocycles. The molecule has 5 nitrogen and oxygen atoms in total. The second kappa shape index (κ2) is 12.7. The van der Waals surface area contributed by atoms with Crippen LogP contribution in [-0.2, 0) is 12.7 Å². The van der Waals surface area contributed by atoms with Gasteiger partial charge < -0.3 is 15.5 Å². The van der Waals surface area contributed by atoms with Crippen LogP contribution in [0.1, 0.15) is 46.3 Å². The summed E-state index contributed by atoms with van der Waals surface area (Å²) in [6.45, 7) is 3.00. The van der Waals surface area contributed by atoms with Gasteiger partial charge in [0.05, 0.1) is 5.56 Å². The number of amides is 1. The predicted molar refractivity (Wildman–Crippen MR) is 133 cm³/mol. The summed E-state index contributed by atoms with van der Waals surface area (Å²) in [7, 11) is 5.08. The van der Waals surface area contributed by atoms with Crippen LogP contribution in [-0.4, -0.2) is 44.5 Å². The van der Waals surface area contributed by atoms with Crippen LogP contribution in [0.25, 0.3) is 0 Å². The summed E-state index contributed by atoms with van der Waals surface area (Å²) in [6.07, 6.45) is -3.68. The van der Waals surface area contributed by atoms with E-state index in [9.17, 15) is 18.0 Å². The largest absolute Gasteiger partial charge is 0.416 e. The molecular weight excluding hydrogens is 532 g/mol. The first-order valence-electron chi connectivity index (χ1n) is 10.0. The van der Waals surface area contributed by atoms with Gasteiger partial charge in [-0.05, 0) is 41.7 Å². The molecular formula is C23H30F3IN4O. The standard InChI is InChI=1S/C23H29F3N4O.HI/c1-16(19-6-5-7-20(14-19)23(24,25)26)12-13-28-22(27-2)29-15-17-8-10-18(11-9-17)21(31)30(3)4;/h5-11,14,16H,12-13,15H2,1-4H3,(H2,27,28,29);1H. The number of guanidine groups is 1. The molecule has 0 aliphatic carbocycles. The minimum atomic E-state index is -4.34. The van der Waals surface area contributed by atoms with Gasteiger partial charge in [-0.15, -0.1) is 24.0 Å². The maximum Gasteiger partial charge on any atom is 0.416 e. The van der Waals surface area contributed by atoms with Crippen molar-refractivity contribution in [1.82, 2.24) is 15.5 Å². The molecule has 176 valence electrons. The normalized spacial score (nSPS) is 12.5. The van der Waals surface area contributed by atoms with Gasteiger partial charge >= 0.3 is 6.18 Å². The lowest BCUT2D eigenvalue weighted by atomic mass is 9.96. The smallest absolute Gasteiger partial charge is 0.356 e. The Morgan fingerprint density at radius 3 is 2.31 bits per heavy atom. The third-order valence-corrected chi connectivity index (χ3v) is 4.94. The molecule has 0 saturated heterocycles. The number of rotatable bonds is 7. The molecule has 0 aromatic heterocycles. The van der Waals surface area contributed by atoms with E-state index >= 15 is 0 Å². The minimum absolute atomic E-state index is 0. The second-order valence-electron chi connectivity index (χ2n) is 7.56. The van der Waals surface area contributed by atoms with Crippen LogP contribution in [0.4, 0.5) is 13.2 Å². The Morgan fingerprint density at radius 2 is 1.75 bits per heavy atom. The van der Waals surface area contributed by atoms with Gasteiger partial charge in [-0.3, -0.25) is 9.79 Å². The molecule has 2 aromatic carbocycles. The Labute approximate surface area is 204 Å². The number of hydrogen-bond donors (Lipinski definition) is 2. The summed E-state index contributed by atoms with van der Waals surface area (Å²) in [5, 5.41) is 6.38. The van der Waals surface area contributed by atoms with E-state index < -0.39 is 11.7 Å². The molecule has 1 unspecified atom stereocenters. The van der Waals surface area contributed by atoms with E-state index in [1.807, 2.05) is 19.1 Å². The lowest BCUT2D eigenvalue weighted by Gasteiger charge is -2.16. The van der Waals surface area contributed by atoms with E-state index in [2.05, 4.69) is 15.6 Å². The van der Waals surface area contributed by atoms with E-state index in [1.165, 1.54) is 17.0 Å². The Hall–Kier alpha value is -2.30. The molecule has 1 amide bonds. The molecule has 2 rings (SSSR count). The number of aliphatic imine (C=N–C) groups is 1. The molecule has 0 fully saturated rings. The van der Waals surface area contributed by atoms with Crippen LogP contribution in [0.5, 0.6) is 0 Å². The second-order valence-corrected chi connectivity index (χ2v) is 7.56. The molecule has 9 heteroatoms. The van der Waals surface area contributed by atoms with E-state index in [0.717, 1.165) is 11.6 Å². The third-order valence-electron chi connectivity index (χ3n) is 4.94. The van der Waals surface area contributed by atoms with Gasteiger partial charge in [0.2, 0.25) is 0 Å². The van der Waals surface area contributed by atoms with Crippen molar-refractivity contribution in [2.75, 3.05) is 27.7 Å². The number of nitrogens with one attached hydrogen (secondary N) is 2. The van der Waals surface area contributed by atoms with Gasteiger partial charge in [0.25, 0.3) is 5.91 Å². The SMILES string of the molecule is CN=C(NCCC(C)c1cccc(C(F)(F)F)c1)NCc1ccc(C(=O)N(C)C)cc1.I. The fourth-order valence-electron chi connectivity index (χ4n) is 3.03. The van der Waals surface area contributed by atoms with Gasteiger partial charge in [0.15, 0.2) is 5.96 Å². The number of carbonyl (C=O) groups is 1. The third kappa shape index (κ3) is 8.33. The van der Waals surface area contributed by atoms with Crippen molar-refractivity contribution in [1.29, 1.82) is 0 Å². The minimum Gasteiger partial charge on any atom is -0.356 e. The van der Waals surface area contributed by atoms with Crippen molar-refractivity contribution in [3.63, 3.8) is 0 Å². The van der Waals surface area contributed by atoms with Gasteiger partial charge in [-0.2, -0.15) is 13.2 Å². The van der Waals surface area contributed by atoms with Crippen LogP contribution in [0.15, 0.2) is 53.5 Å². The zero-order chi connectivity index (χ0) is 23.0. The molecule has 0 heterocycles. The fraction of sp³-hybridized carbons (Fsp3) is 0.391. The van der Waals surface area contributed by atoms with E-state index in [0.29, 0.717) is 36.6 Å². The van der Waals surface area contributed by atoms with E-state index in [-0.39, 0.29) is 35.8 Å². The molecule has 0 aliphatic rings. The van der Waals surface area contributed by atoms with Crippen LogP contribution >= 0.6 is 24.0 Å². The summed E-state index contributed by atoms with van der Waals surface area (Å²) < 4.78 is 38.7. The highest BCUT2D eigenvalue weighted by Gasteiger charge is 2.30. The van der Waals surface area contributed by atoms with Crippen LogP contribution in [0.3, 0.4) is 0 Å². The number of alkyl halides is 3. The molecule has 0 spiro atoms. The first-order chi connectivity index (χ1) is 14.6. The molecule has 32 heavy (non-hydrogen) atoms. The average molecular weight is 562 g/mol. The lowest BCUT2D eigenvalue weighted by molar-refractivity contribution is -0.137. The maximum atomic E-state index is 12.9.